The summed E-state index contributed by atoms with van der Waals surface area (Å²) in [6.07, 6.45) is 5.07. The van der Waals surface area contributed by atoms with Crippen molar-refractivity contribution < 1.29 is 13.6 Å². The average molecular weight is 328 g/mol. The van der Waals surface area contributed by atoms with Gasteiger partial charge in [0.05, 0.1) is 11.8 Å². The molecule has 7 heteroatoms. The van der Waals surface area contributed by atoms with Crippen molar-refractivity contribution in [3.05, 3.63) is 77.2 Å². The van der Waals surface area contributed by atoms with Crippen LogP contribution in [0.25, 0.3) is 0 Å². The van der Waals surface area contributed by atoms with Crippen LogP contribution in [-0.2, 0) is 13.5 Å². The zero-order valence-corrected chi connectivity index (χ0v) is 12.8. The minimum atomic E-state index is -0.874. The predicted octanol–water partition coefficient (Wildman–Crippen LogP) is 2.94. The van der Waals surface area contributed by atoms with Crippen LogP contribution < -0.4 is 5.32 Å². The molecule has 0 saturated carbocycles. The summed E-state index contributed by atoms with van der Waals surface area (Å²) in [5.74, 6) is -1.65. The van der Waals surface area contributed by atoms with E-state index in [1.807, 2.05) is 0 Å². The van der Waals surface area contributed by atoms with Gasteiger partial charge in [0.2, 0.25) is 0 Å². The Morgan fingerprint density at radius 3 is 2.54 bits per heavy atom. The Labute approximate surface area is 137 Å². The number of pyridine rings is 1. The molecule has 0 aliphatic heterocycles. The van der Waals surface area contributed by atoms with E-state index in [0.717, 1.165) is 17.7 Å². The lowest BCUT2D eigenvalue weighted by atomic mass is 10.1. The number of nitrogens with one attached hydrogen (secondary N) is 1. The number of aromatic nitrogens is 3. The fourth-order valence-corrected chi connectivity index (χ4v) is 2.22. The fraction of sp³-hybridized carbons (Fsp3) is 0.118. The van der Waals surface area contributed by atoms with Gasteiger partial charge in [0.25, 0.3) is 5.91 Å². The topological polar surface area (TPSA) is 59.8 Å². The first-order chi connectivity index (χ1) is 11.5. The fourth-order valence-electron chi connectivity index (χ4n) is 2.22. The number of carbonyl (C=O) groups excluding carboxylic acids is 1. The van der Waals surface area contributed by atoms with Crippen LogP contribution >= 0.6 is 0 Å². The highest BCUT2D eigenvalue weighted by molar-refractivity contribution is 6.03. The Bertz CT molecular complexity index is 875. The van der Waals surface area contributed by atoms with Crippen LogP contribution in [0.1, 0.15) is 21.5 Å². The standard InChI is InChI=1S/C17H14F2N4O/c1-23-10-13(9-21-23)17(24)22-16-5-3-12(8-20-16)6-11-2-4-14(18)15(19)7-11/h2-5,7-10H,6H2,1H3,(H,20,22,24). The second-order valence-corrected chi connectivity index (χ2v) is 5.33. The van der Waals surface area contributed by atoms with Crippen LogP contribution in [0, 0.1) is 11.6 Å². The molecule has 1 amide bonds. The largest absolute Gasteiger partial charge is 0.306 e. The molecular weight excluding hydrogens is 314 g/mol. The number of nitrogens with zero attached hydrogens (tertiary/aromatic N) is 3. The Balaban J connectivity index is 1.66. The van der Waals surface area contributed by atoms with E-state index in [9.17, 15) is 13.6 Å². The molecule has 0 fully saturated rings. The zero-order chi connectivity index (χ0) is 17.1. The van der Waals surface area contributed by atoms with Crippen molar-refractivity contribution in [1.29, 1.82) is 0 Å². The van der Waals surface area contributed by atoms with Gasteiger partial charge in [-0.2, -0.15) is 5.10 Å². The van der Waals surface area contributed by atoms with Crippen LogP contribution in [0.3, 0.4) is 0 Å². The zero-order valence-electron chi connectivity index (χ0n) is 12.8. The average Bonchev–Trinajstić information content (AvgIpc) is 2.99. The Hall–Kier alpha value is -3.09. The molecule has 2 heterocycles. The van der Waals surface area contributed by atoms with Crippen molar-refractivity contribution in [2.75, 3.05) is 5.32 Å². The SMILES string of the molecule is Cn1cc(C(=O)Nc2ccc(Cc3ccc(F)c(F)c3)cn2)cn1. The summed E-state index contributed by atoms with van der Waals surface area (Å²) in [6, 6.07) is 7.21. The monoisotopic (exact) mass is 328 g/mol. The summed E-state index contributed by atoms with van der Waals surface area (Å²) in [5.41, 5.74) is 1.90. The van der Waals surface area contributed by atoms with E-state index in [1.165, 1.54) is 16.9 Å². The summed E-state index contributed by atoms with van der Waals surface area (Å²) in [4.78, 5) is 16.2. The molecule has 0 unspecified atom stereocenters. The van der Waals surface area contributed by atoms with E-state index in [1.54, 1.807) is 31.6 Å². The minimum absolute atomic E-state index is 0.302. The minimum Gasteiger partial charge on any atom is -0.306 e. The lowest BCUT2D eigenvalue weighted by Crippen LogP contribution is -2.12. The third kappa shape index (κ3) is 3.62. The number of benzene rings is 1. The van der Waals surface area contributed by atoms with Gasteiger partial charge < -0.3 is 5.32 Å². The van der Waals surface area contributed by atoms with Gasteiger partial charge in [0.1, 0.15) is 5.82 Å². The van der Waals surface area contributed by atoms with E-state index in [-0.39, 0.29) is 5.91 Å². The van der Waals surface area contributed by atoms with Crippen LogP contribution in [0.5, 0.6) is 0 Å². The van der Waals surface area contributed by atoms with Crippen LogP contribution in [0.2, 0.25) is 0 Å². The maximum atomic E-state index is 13.2. The van der Waals surface area contributed by atoms with Gasteiger partial charge in [-0.25, -0.2) is 13.8 Å². The van der Waals surface area contributed by atoms with E-state index in [0.29, 0.717) is 23.4 Å². The van der Waals surface area contributed by atoms with Crippen LogP contribution in [-0.4, -0.2) is 20.7 Å². The highest BCUT2D eigenvalue weighted by Crippen LogP contribution is 2.14. The molecule has 2 aromatic heterocycles. The van der Waals surface area contributed by atoms with Gasteiger partial charge in [-0.15, -0.1) is 0 Å². The predicted molar refractivity (Wildman–Crippen MR) is 84.6 cm³/mol. The first-order valence-corrected chi connectivity index (χ1v) is 7.20. The van der Waals surface area contributed by atoms with E-state index >= 15 is 0 Å². The molecule has 0 aliphatic carbocycles. The second-order valence-electron chi connectivity index (χ2n) is 5.33. The number of hydrogen-bond acceptors (Lipinski definition) is 3. The van der Waals surface area contributed by atoms with Gasteiger partial charge >= 0.3 is 0 Å². The number of amides is 1. The third-order valence-electron chi connectivity index (χ3n) is 3.43. The molecule has 1 N–H and O–H groups in total. The third-order valence-corrected chi connectivity index (χ3v) is 3.43. The Kier molecular flexibility index (Phi) is 4.33. The lowest BCUT2D eigenvalue weighted by Gasteiger charge is -2.05. The van der Waals surface area contributed by atoms with Crippen molar-refractivity contribution in [1.82, 2.24) is 14.8 Å². The molecule has 5 nitrogen and oxygen atoms in total. The molecule has 0 radical (unpaired) electrons. The molecule has 0 saturated heterocycles. The summed E-state index contributed by atoms with van der Waals surface area (Å²) in [5, 5.41) is 6.60. The maximum absolute atomic E-state index is 13.2. The number of rotatable bonds is 4. The molecule has 0 atom stereocenters. The van der Waals surface area contributed by atoms with Crippen molar-refractivity contribution in [3.8, 4) is 0 Å². The number of aryl methyl sites for hydroxylation is 1. The molecule has 24 heavy (non-hydrogen) atoms. The Morgan fingerprint density at radius 2 is 1.92 bits per heavy atom. The molecule has 122 valence electrons. The number of halogens is 2. The smallest absolute Gasteiger partial charge is 0.260 e. The molecule has 1 aromatic carbocycles. The van der Waals surface area contributed by atoms with E-state index in [4.69, 9.17) is 0 Å². The lowest BCUT2D eigenvalue weighted by molar-refractivity contribution is 0.102. The molecule has 0 spiro atoms. The first-order valence-electron chi connectivity index (χ1n) is 7.20. The second kappa shape index (κ2) is 6.57. The Morgan fingerprint density at radius 1 is 1.12 bits per heavy atom. The summed E-state index contributed by atoms with van der Waals surface area (Å²) in [6.45, 7) is 0. The van der Waals surface area contributed by atoms with E-state index in [2.05, 4.69) is 15.4 Å². The highest BCUT2D eigenvalue weighted by Gasteiger charge is 2.09. The van der Waals surface area contributed by atoms with Crippen molar-refractivity contribution in [2.24, 2.45) is 7.05 Å². The number of anilines is 1. The van der Waals surface area contributed by atoms with Crippen LogP contribution in [0.15, 0.2) is 48.9 Å². The number of carbonyl (C=O) groups is 1. The quantitative estimate of drug-likeness (QED) is 0.801. The van der Waals surface area contributed by atoms with Gasteiger partial charge in [-0.05, 0) is 35.7 Å². The maximum Gasteiger partial charge on any atom is 0.260 e. The molecule has 0 aliphatic rings. The van der Waals surface area contributed by atoms with E-state index < -0.39 is 11.6 Å². The van der Waals surface area contributed by atoms with Crippen molar-refractivity contribution >= 4 is 11.7 Å². The van der Waals surface area contributed by atoms with Crippen LogP contribution in [0.4, 0.5) is 14.6 Å². The van der Waals surface area contributed by atoms with Crippen molar-refractivity contribution in [2.45, 2.75) is 6.42 Å². The molecule has 3 aromatic rings. The normalized spacial score (nSPS) is 10.6. The first kappa shape index (κ1) is 15.8. The molecule has 0 bridgehead atoms. The summed E-state index contributed by atoms with van der Waals surface area (Å²) in [7, 11) is 1.72. The molecular formula is C17H14F2N4O. The highest BCUT2D eigenvalue weighted by atomic mass is 19.2. The summed E-state index contributed by atoms with van der Waals surface area (Å²) < 4.78 is 27.7. The van der Waals surface area contributed by atoms with Gasteiger partial charge in [0, 0.05) is 19.4 Å². The van der Waals surface area contributed by atoms with Gasteiger partial charge in [-0.3, -0.25) is 9.48 Å². The van der Waals surface area contributed by atoms with Gasteiger partial charge in [0.15, 0.2) is 11.6 Å². The van der Waals surface area contributed by atoms with Gasteiger partial charge in [-0.1, -0.05) is 12.1 Å². The number of hydrogen-bond donors (Lipinski definition) is 1. The van der Waals surface area contributed by atoms with Crippen molar-refractivity contribution in [3.63, 3.8) is 0 Å². The molecule has 3 rings (SSSR count). The summed E-state index contributed by atoms with van der Waals surface area (Å²) >= 11 is 0.